The largest absolute Gasteiger partial charge is 0.484 e. The third kappa shape index (κ3) is 3.99. The summed E-state index contributed by atoms with van der Waals surface area (Å²) in [4.78, 5) is 0. The van der Waals surface area contributed by atoms with E-state index in [2.05, 4.69) is 0 Å². The number of hydrogen-bond acceptors (Lipinski definition) is 2. The molecule has 0 saturated heterocycles. The summed E-state index contributed by atoms with van der Waals surface area (Å²) < 4.78 is 41.2. The third-order valence-corrected chi connectivity index (χ3v) is 2.91. The highest BCUT2D eigenvalue weighted by Gasteiger charge is 2.28. The van der Waals surface area contributed by atoms with Crippen LogP contribution < -0.4 is 4.74 Å². The molecule has 0 aliphatic heterocycles. The van der Waals surface area contributed by atoms with E-state index in [1.54, 1.807) is 43.3 Å². The molecule has 0 amide bonds. The maximum atomic E-state index is 12.1. The van der Waals surface area contributed by atoms with Gasteiger partial charge in [-0.3, -0.25) is 0 Å². The van der Waals surface area contributed by atoms with Gasteiger partial charge in [0, 0.05) is 0 Å². The molecule has 2 aromatic carbocycles. The highest BCUT2D eigenvalue weighted by atomic mass is 19.4. The van der Waals surface area contributed by atoms with E-state index in [1.165, 1.54) is 6.07 Å². The number of rotatable bonds is 3. The summed E-state index contributed by atoms with van der Waals surface area (Å²) in [5, 5.41) is 8.75. The van der Waals surface area contributed by atoms with Crippen LogP contribution in [0, 0.1) is 18.3 Å². The Balaban J connectivity index is 2.20. The zero-order valence-corrected chi connectivity index (χ0v) is 11.2. The number of benzene rings is 2. The van der Waals surface area contributed by atoms with Crippen molar-refractivity contribution in [3.05, 3.63) is 53.6 Å². The standard InChI is InChI=1S/C16H12F3NO/c1-11-8-14(13-4-2-12(9-20)3-5-13)6-7-15(11)21-10-16(17,18)19/h2-8H,10H2,1H3. The van der Waals surface area contributed by atoms with Crippen molar-refractivity contribution in [2.45, 2.75) is 13.1 Å². The minimum Gasteiger partial charge on any atom is -0.484 e. The number of hydrogen-bond donors (Lipinski definition) is 0. The van der Waals surface area contributed by atoms with Crippen molar-refractivity contribution in [3.63, 3.8) is 0 Å². The molecule has 0 atom stereocenters. The van der Waals surface area contributed by atoms with Crippen molar-refractivity contribution < 1.29 is 17.9 Å². The Morgan fingerprint density at radius 3 is 2.19 bits per heavy atom. The van der Waals surface area contributed by atoms with Crippen LogP contribution in [-0.2, 0) is 0 Å². The predicted octanol–water partition coefficient (Wildman–Crippen LogP) is 4.47. The maximum Gasteiger partial charge on any atom is 0.422 e. The van der Waals surface area contributed by atoms with Crippen LogP contribution in [0.1, 0.15) is 11.1 Å². The quantitative estimate of drug-likeness (QED) is 0.835. The Bertz CT molecular complexity index is 669. The van der Waals surface area contributed by atoms with Gasteiger partial charge in [0.25, 0.3) is 0 Å². The zero-order chi connectivity index (χ0) is 15.5. The van der Waals surface area contributed by atoms with Crippen LogP contribution in [-0.4, -0.2) is 12.8 Å². The van der Waals surface area contributed by atoms with Gasteiger partial charge in [0.05, 0.1) is 11.6 Å². The van der Waals surface area contributed by atoms with E-state index in [4.69, 9.17) is 10.00 Å². The first-order valence-corrected chi connectivity index (χ1v) is 6.20. The van der Waals surface area contributed by atoms with Crippen LogP contribution in [0.4, 0.5) is 13.2 Å². The first kappa shape index (κ1) is 14.9. The smallest absolute Gasteiger partial charge is 0.422 e. The minimum atomic E-state index is -4.35. The molecule has 0 aliphatic carbocycles. The van der Waals surface area contributed by atoms with Crippen LogP contribution >= 0.6 is 0 Å². The van der Waals surface area contributed by atoms with E-state index >= 15 is 0 Å². The SMILES string of the molecule is Cc1cc(-c2ccc(C#N)cc2)ccc1OCC(F)(F)F. The molecule has 0 radical (unpaired) electrons. The maximum absolute atomic E-state index is 12.1. The lowest BCUT2D eigenvalue weighted by Crippen LogP contribution is -2.19. The Labute approximate surface area is 120 Å². The number of ether oxygens (including phenoxy) is 1. The van der Waals surface area contributed by atoms with Crippen LogP contribution in [0.15, 0.2) is 42.5 Å². The fourth-order valence-corrected chi connectivity index (χ4v) is 1.89. The summed E-state index contributed by atoms with van der Waals surface area (Å²) in [6.45, 7) is 0.392. The van der Waals surface area contributed by atoms with Crippen molar-refractivity contribution in [1.29, 1.82) is 5.26 Å². The van der Waals surface area contributed by atoms with E-state index in [0.717, 1.165) is 11.1 Å². The van der Waals surface area contributed by atoms with Gasteiger partial charge in [0.15, 0.2) is 6.61 Å². The van der Waals surface area contributed by atoms with Crippen LogP contribution in [0.3, 0.4) is 0 Å². The van der Waals surface area contributed by atoms with E-state index < -0.39 is 12.8 Å². The van der Waals surface area contributed by atoms with E-state index in [9.17, 15) is 13.2 Å². The van der Waals surface area contributed by atoms with Gasteiger partial charge in [-0.15, -0.1) is 0 Å². The lowest BCUT2D eigenvalue weighted by molar-refractivity contribution is -0.153. The second-order valence-corrected chi connectivity index (χ2v) is 4.57. The molecule has 0 aliphatic rings. The minimum absolute atomic E-state index is 0.213. The predicted molar refractivity (Wildman–Crippen MR) is 72.9 cm³/mol. The molecule has 0 bridgehead atoms. The summed E-state index contributed by atoms with van der Waals surface area (Å²) in [7, 11) is 0. The van der Waals surface area contributed by atoms with Gasteiger partial charge in [-0.2, -0.15) is 18.4 Å². The Hall–Kier alpha value is -2.48. The Morgan fingerprint density at radius 1 is 1.05 bits per heavy atom. The number of nitriles is 1. The van der Waals surface area contributed by atoms with E-state index in [1.807, 2.05) is 6.07 Å². The van der Waals surface area contributed by atoms with Crippen LogP contribution in [0.5, 0.6) is 5.75 Å². The molecule has 0 fully saturated rings. The molecule has 0 unspecified atom stereocenters. The summed E-state index contributed by atoms with van der Waals surface area (Å²) in [6.07, 6.45) is -4.35. The number of nitrogens with zero attached hydrogens (tertiary/aromatic N) is 1. The molecule has 5 heteroatoms. The van der Waals surface area contributed by atoms with Gasteiger partial charge in [-0.05, 0) is 47.9 Å². The molecular formula is C16H12F3NO. The second-order valence-electron chi connectivity index (χ2n) is 4.57. The molecule has 0 saturated carbocycles. The topological polar surface area (TPSA) is 33.0 Å². The molecule has 2 rings (SSSR count). The molecular weight excluding hydrogens is 279 g/mol. The third-order valence-electron chi connectivity index (χ3n) is 2.91. The van der Waals surface area contributed by atoms with Crippen LogP contribution in [0.25, 0.3) is 11.1 Å². The van der Waals surface area contributed by atoms with E-state index in [0.29, 0.717) is 11.1 Å². The van der Waals surface area contributed by atoms with Gasteiger partial charge in [-0.25, -0.2) is 0 Å². The van der Waals surface area contributed by atoms with Gasteiger partial charge in [-0.1, -0.05) is 18.2 Å². The number of alkyl halides is 3. The van der Waals surface area contributed by atoms with Crippen molar-refractivity contribution >= 4 is 0 Å². The Kier molecular flexibility index (Phi) is 4.18. The summed E-state index contributed by atoms with van der Waals surface area (Å²) >= 11 is 0. The highest BCUT2D eigenvalue weighted by molar-refractivity contribution is 5.66. The highest BCUT2D eigenvalue weighted by Crippen LogP contribution is 2.27. The molecule has 0 heterocycles. The Morgan fingerprint density at radius 2 is 1.67 bits per heavy atom. The molecule has 108 valence electrons. The molecule has 2 nitrogen and oxygen atoms in total. The average Bonchev–Trinajstić information content (AvgIpc) is 2.45. The fraction of sp³-hybridized carbons (Fsp3) is 0.188. The number of halogens is 3. The molecule has 0 N–H and O–H groups in total. The molecule has 0 aromatic heterocycles. The second kappa shape index (κ2) is 5.88. The van der Waals surface area contributed by atoms with Crippen molar-refractivity contribution in [2.75, 3.05) is 6.61 Å². The van der Waals surface area contributed by atoms with Gasteiger partial charge in [0.1, 0.15) is 5.75 Å². The lowest BCUT2D eigenvalue weighted by atomic mass is 10.0. The van der Waals surface area contributed by atoms with Crippen molar-refractivity contribution in [3.8, 4) is 22.9 Å². The van der Waals surface area contributed by atoms with Crippen LogP contribution in [0.2, 0.25) is 0 Å². The zero-order valence-electron chi connectivity index (χ0n) is 11.2. The first-order chi connectivity index (χ1) is 9.89. The van der Waals surface area contributed by atoms with Gasteiger partial charge < -0.3 is 4.74 Å². The number of aryl methyl sites for hydroxylation is 1. The normalized spacial score (nSPS) is 11.0. The summed E-state index contributed by atoms with van der Waals surface area (Å²) in [6, 6.07) is 14.0. The first-order valence-electron chi connectivity index (χ1n) is 6.20. The van der Waals surface area contributed by atoms with Crippen molar-refractivity contribution in [2.24, 2.45) is 0 Å². The monoisotopic (exact) mass is 291 g/mol. The fourth-order valence-electron chi connectivity index (χ4n) is 1.89. The molecule has 21 heavy (non-hydrogen) atoms. The van der Waals surface area contributed by atoms with Gasteiger partial charge in [0.2, 0.25) is 0 Å². The van der Waals surface area contributed by atoms with E-state index in [-0.39, 0.29) is 5.75 Å². The molecule has 0 spiro atoms. The average molecular weight is 291 g/mol. The van der Waals surface area contributed by atoms with Crippen molar-refractivity contribution in [1.82, 2.24) is 0 Å². The molecule has 2 aromatic rings. The van der Waals surface area contributed by atoms with Gasteiger partial charge >= 0.3 is 6.18 Å². The summed E-state index contributed by atoms with van der Waals surface area (Å²) in [5.74, 6) is 0.213. The summed E-state index contributed by atoms with van der Waals surface area (Å²) in [5.41, 5.74) is 2.93. The lowest BCUT2D eigenvalue weighted by Gasteiger charge is -2.12.